The van der Waals surface area contributed by atoms with Gasteiger partial charge in [0.25, 0.3) is 0 Å². The fourth-order valence-corrected chi connectivity index (χ4v) is 6.77. The molecule has 1 saturated carbocycles. The van der Waals surface area contributed by atoms with Crippen molar-refractivity contribution in [1.29, 1.82) is 0 Å². The molecule has 2 aliphatic carbocycles. The normalized spacial score (nSPS) is 25.4. The number of hydrogen-bond acceptors (Lipinski definition) is 7. The van der Waals surface area contributed by atoms with Gasteiger partial charge < -0.3 is 29.4 Å². The zero-order chi connectivity index (χ0) is 25.1. The lowest BCUT2D eigenvalue weighted by Crippen LogP contribution is -2.44. The third-order valence-corrected chi connectivity index (χ3v) is 8.32. The van der Waals surface area contributed by atoms with Crippen molar-refractivity contribution >= 4 is 29.5 Å². The maximum atomic E-state index is 13.0. The van der Waals surface area contributed by atoms with Crippen molar-refractivity contribution in [2.45, 2.75) is 64.4 Å². The summed E-state index contributed by atoms with van der Waals surface area (Å²) in [5, 5.41) is 41.4. The summed E-state index contributed by atoms with van der Waals surface area (Å²) in [4.78, 5) is 13.0. The molecule has 8 heteroatoms. The Bertz CT molecular complexity index is 1280. The van der Waals surface area contributed by atoms with E-state index in [4.69, 9.17) is 9.15 Å². The predicted octanol–water partition coefficient (Wildman–Crippen LogP) is 4.30. The summed E-state index contributed by atoms with van der Waals surface area (Å²) in [5.41, 5.74) is 0.690. The van der Waals surface area contributed by atoms with Crippen molar-refractivity contribution in [2.24, 2.45) is 11.3 Å². The molecule has 0 bridgehead atoms. The number of benzene rings is 2. The monoisotopic (exact) mass is 478 g/mol. The lowest BCUT2D eigenvalue weighted by Gasteiger charge is -2.50. The minimum atomic E-state index is -2.06. The van der Waals surface area contributed by atoms with Crippen molar-refractivity contribution in [3.63, 3.8) is 0 Å². The number of rotatable bonds is 3. The molecular formula is C27H31BO7. The summed E-state index contributed by atoms with van der Waals surface area (Å²) in [6.45, 7) is 6.71. The van der Waals surface area contributed by atoms with Crippen molar-refractivity contribution in [1.82, 2.24) is 0 Å². The van der Waals surface area contributed by atoms with Crippen LogP contribution in [0, 0.1) is 11.3 Å². The van der Waals surface area contributed by atoms with E-state index in [2.05, 4.69) is 20.8 Å². The SMILES string of the molecule is CC1(C)CCCC2(C)c3c(oc4c(B(O)O)c(O)c(O)cc34)C(OC(=O)c3ccccc3)CCC12. The van der Waals surface area contributed by atoms with Gasteiger partial charge in [-0.1, -0.05) is 45.4 Å². The summed E-state index contributed by atoms with van der Waals surface area (Å²) in [6, 6.07) is 10.2. The molecule has 7 nitrogen and oxygen atoms in total. The van der Waals surface area contributed by atoms with E-state index in [-0.39, 0.29) is 27.8 Å². The topological polar surface area (TPSA) is 120 Å². The molecule has 2 aromatic carbocycles. The summed E-state index contributed by atoms with van der Waals surface area (Å²) in [7, 11) is -2.06. The number of hydrogen-bond donors (Lipinski definition) is 4. The van der Waals surface area contributed by atoms with Crippen molar-refractivity contribution in [3.05, 3.63) is 53.3 Å². The van der Waals surface area contributed by atoms with Crippen LogP contribution < -0.4 is 5.46 Å². The van der Waals surface area contributed by atoms with Crippen molar-refractivity contribution < 1.29 is 34.2 Å². The van der Waals surface area contributed by atoms with E-state index in [0.717, 1.165) is 31.2 Å². The largest absolute Gasteiger partial charge is 0.504 e. The zero-order valence-corrected chi connectivity index (χ0v) is 20.2. The second kappa shape index (κ2) is 8.31. The van der Waals surface area contributed by atoms with E-state index in [1.165, 1.54) is 6.07 Å². The van der Waals surface area contributed by atoms with E-state index < -0.39 is 30.7 Å². The van der Waals surface area contributed by atoms with E-state index in [1.54, 1.807) is 24.3 Å². The molecule has 1 aromatic heterocycles. The molecule has 0 aliphatic heterocycles. The van der Waals surface area contributed by atoms with Gasteiger partial charge in [-0.3, -0.25) is 0 Å². The Kier molecular flexibility index (Phi) is 5.64. The summed E-state index contributed by atoms with van der Waals surface area (Å²) >= 11 is 0. The van der Waals surface area contributed by atoms with Crippen LogP contribution >= 0.6 is 0 Å². The first-order chi connectivity index (χ1) is 16.5. The third-order valence-electron chi connectivity index (χ3n) is 8.32. The van der Waals surface area contributed by atoms with Crippen molar-refractivity contribution in [3.8, 4) is 11.5 Å². The Morgan fingerprint density at radius 3 is 2.49 bits per heavy atom. The van der Waals surface area contributed by atoms with E-state index in [0.29, 0.717) is 23.1 Å². The van der Waals surface area contributed by atoms with Gasteiger partial charge in [-0.2, -0.15) is 0 Å². The molecule has 3 unspecified atom stereocenters. The predicted molar refractivity (Wildman–Crippen MR) is 132 cm³/mol. The summed E-state index contributed by atoms with van der Waals surface area (Å²) in [6.07, 6.45) is 3.61. The molecule has 4 N–H and O–H groups in total. The molecule has 0 spiro atoms. The first-order valence-corrected chi connectivity index (χ1v) is 12.2. The van der Waals surface area contributed by atoms with Gasteiger partial charge in [0.05, 0.1) is 11.0 Å². The van der Waals surface area contributed by atoms with Gasteiger partial charge in [0.1, 0.15) is 11.3 Å². The number of aromatic hydroxyl groups is 2. The van der Waals surface area contributed by atoms with Gasteiger partial charge >= 0.3 is 13.1 Å². The Labute approximate surface area is 204 Å². The van der Waals surface area contributed by atoms with Gasteiger partial charge in [0, 0.05) is 16.4 Å². The van der Waals surface area contributed by atoms with Crippen LogP contribution in [0.5, 0.6) is 11.5 Å². The van der Waals surface area contributed by atoms with Crippen LogP contribution in [0.15, 0.2) is 40.8 Å². The second-order valence-corrected chi connectivity index (χ2v) is 10.9. The average molecular weight is 478 g/mol. The summed E-state index contributed by atoms with van der Waals surface area (Å²) in [5.74, 6) is -0.883. The average Bonchev–Trinajstić information content (AvgIpc) is 3.11. The smallest absolute Gasteiger partial charge is 0.496 e. The zero-order valence-electron chi connectivity index (χ0n) is 20.2. The van der Waals surface area contributed by atoms with Gasteiger partial charge in [0.2, 0.25) is 0 Å². The number of furan rings is 1. The molecule has 3 atom stereocenters. The Balaban J connectivity index is 1.74. The van der Waals surface area contributed by atoms with Gasteiger partial charge in [-0.25, -0.2) is 4.79 Å². The van der Waals surface area contributed by atoms with Gasteiger partial charge in [-0.05, 0) is 55.2 Å². The highest BCUT2D eigenvalue weighted by Crippen LogP contribution is 2.60. The number of phenols is 2. The Hall–Kier alpha value is -2.97. The number of ether oxygens (including phenoxy) is 1. The minimum Gasteiger partial charge on any atom is -0.504 e. The molecule has 0 saturated heterocycles. The van der Waals surface area contributed by atoms with Gasteiger partial charge in [0.15, 0.2) is 17.6 Å². The lowest BCUT2D eigenvalue weighted by atomic mass is 9.53. The second-order valence-electron chi connectivity index (χ2n) is 10.9. The van der Waals surface area contributed by atoms with Gasteiger partial charge in [-0.15, -0.1) is 0 Å². The molecule has 35 heavy (non-hydrogen) atoms. The fraction of sp³-hybridized carbons (Fsp3) is 0.444. The standard InChI is InChI=1S/C27H31BO7/c1-26(2)12-7-13-27(3)19(26)11-10-18(34-25(31)15-8-5-4-6-9-15)24-20(27)16-14-17(29)22(30)21(28(32)33)23(16)35-24/h4-6,8-9,14,18-19,29-30,32-33H,7,10-13H2,1-3H3. The van der Waals surface area contributed by atoms with Crippen LogP contribution in [0.4, 0.5) is 0 Å². The van der Waals surface area contributed by atoms with E-state index >= 15 is 0 Å². The highest BCUT2D eigenvalue weighted by Gasteiger charge is 2.53. The van der Waals surface area contributed by atoms with Crippen LogP contribution in [0.25, 0.3) is 11.0 Å². The summed E-state index contributed by atoms with van der Waals surface area (Å²) < 4.78 is 12.3. The van der Waals surface area contributed by atoms with Crippen LogP contribution in [0.3, 0.4) is 0 Å². The van der Waals surface area contributed by atoms with Crippen LogP contribution in [-0.2, 0) is 10.2 Å². The minimum absolute atomic E-state index is 0.0183. The molecule has 0 amide bonds. The lowest BCUT2D eigenvalue weighted by molar-refractivity contribution is 0.0164. The van der Waals surface area contributed by atoms with E-state index in [1.807, 2.05) is 6.07 Å². The maximum absolute atomic E-state index is 13.0. The molecule has 2 aliphatic rings. The Morgan fingerprint density at radius 1 is 1.09 bits per heavy atom. The Morgan fingerprint density at radius 2 is 1.80 bits per heavy atom. The first kappa shape index (κ1) is 23.8. The van der Waals surface area contributed by atoms with Crippen molar-refractivity contribution in [2.75, 3.05) is 0 Å². The number of phenolic OH excluding ortho intramolecular Hbond substituents is 2. The van der Waals surface area contributed by atoms with Crippen LogP contribution in [0.1, 0.15) is 80.7 Å². The first-order valence-electron chi connectivity index (χ1n) is 12.2. The number of esters is 1. The number of fused-ring (bicyclic) bond motifs is 5. The molecule has 5 rings (SSSR count). The van der Waals surface area contributed by atoms with Crippen LogP contribution in [-0.4, -0.2) is 33.3 Å². The number of carbonyl (C=O) groups excluding carboxylic acids is 1. The third kappa shape index (κ3) is 3.70. The molecular weight excluding hydrogens is 447 g/mol. The molecule has 3 aromatic rings. The number of carbonyl (C=O) groups is 1. The van der Waals surface area contributed by atoms with Crippen LogP contribution in [0.2, 0.25) is 0 Å². The highest BCUT2D eigenvalue weighted by molar-refractivity contribution is 6.63. The maximum Gasteiger partial charge on any atom is 0.496 e. The molecule has 184 valence electrons. The van der Waals surface area contributed by atoms with E-state index in [9.17, 15) is 25.1 Å². The highest BCUT2D eigenvalue weighted by atomic mass is 16.6. The molecule has 1 heterocycles. The molecule has 1 fully saturated rings. The fourth-order valence-electron chi connectivity index (χ4n) is 6.77. The molecule has 0 radical (unpaired) electrons. The quantitative estimate of drug-likeness (QED) is 0.252.